The van der Waals surface area contributed by atoms with Crippen LogP contribution in [-0.2, 0) is 0 Å². The van der Waals surface area contributed by atoms with E-state index in [1.807, 2.05) is 30.3 Å². The Hall–Kier alpha value is -1.94. The molecule has 0 atom stereocenters. The molecule has 1 aliphatic rings. The van der Waals surface area contributed by atoms with Crippen LogP contribution in [0.2, 0.25) is 0 Å². The summed E-state index contributed by atoms with van der Waals surface area (Å²) >= 11 is 0. The van der Waals surface area contributed by atoms with Crippen molar-refractivity contribution in [1.29, 1.82) is 0 Å². The lowest BCUT2D eigenvalue weighted by atomic mass is 9.98. The minimum Gasteiger partial charge on any atom is -0.350 e. The number of carbonyl (C=O) groups is 1. The summed E-state index contributed by atoms with van der Waals surface area (Å²) in [5, 5.41) is 4.10. The fraction of sp³-hybridized carbons (Fsp3) is 0.474. The van der Waals surface area contributed by atoms with Crippen molar-refractivity contribution in [2.24, 2.45) is 0 Å². The number of piperidine rings is 1. The van der Waals surface area contributed by atoms with Gasteiger partial charge in [0.2, 0.25) is 0 Å². The molecule has 2 aromatic rings. The molecule has 0 aliphatic carbocycles. The highest BCUT2D eigenvalue weighted by Gasteiger charge is 2.28. The van der Waals surface area contributed by atoms with E-state index in [4.69, 9.17) is 0 Å². The Labute approximate surface area is 137 Å². The number of rotatable bonds is 4. The molecule has 1 aromatic heterocycles. The van der Waals surface area contributed by atoms with Gasteiger partial charge in [-0.1, -0.05) is 24.6 Å². The SMILES string of the molecule is CC(C)(CNC(=O)c1cccc2cccnc12)N1CCCCC1. The van der Waals surface area contributed by atoms with Crippen LogP contribution in [0, 0.1) is 0 Å². The second-order valence-electron chi connectivity index (χ2n) is 6.92. The van der Waals surface area contributed by atoms with E-state index >= 15 is 0 Å². The van der Waals surface area contributed by atoms with Gasteiger partial charge < -0.3 is 5.32 Å². The van der Waals surface area contributed by atoms with Gasteiger partial charge in [-0.05, 0) is 51.9 Å². The summed E-state index contributed by atoms with van der Waals surface area (Å²) in [6, 6.07) is 9.62. The fourth-order valence-corrected chi connectivity index (χ4v) is 3.29. The monoisotopic (exact) mass is 311 g/mol. The van der Waals surface area contributed by atoms with Gasteiger partial charge in [0.25, 0.3) is 5.91 Å². The van der Waals surface area contributed by atoms with Crippen molar-refractivity contribution in [1.82, 2.24) is 15.2 Å². The number of aromatic nitrogens is 1. The predicted molar refractivity (Wildman–Crippen MR) is 93.6 cm³/mol. The van der Waals surface area contributed by atoms with E-state index in [1.165, 1.54) is 19.3 Å². The smallest absolute Gasteiger partial charge is 0.253 e. The van der Waals surface area contributed by atoms with Gasteiger partial charge >= 0.3 is 0 Å². The van der Waals surface area contributed by atoms with Gasteiger partial charge in [0.05, 0.1) is 11.1 Å². The highest BCUT2D eigenvalue weighted by atomic mass is 16.1. The van der Waals surface area contributed by atoms with E-state index in [0.29, 0.717) is 12.1 Å². The molecule has 0 saturated carbocycles. The van der Waals surface area contributed by atoms with Crippen LogP contribution >= 0.6 is 0 Å². The standard InChI is InChI=1S/C19H25N3O/c1-19(2,22-12-4-3-5-13-22)14-21-18(23)16-10-6-8-15-9-7-11-20-17(15)16/h6-11H,3-5,12-14H2,1-2H3,(H,21,23). The Morgan fingerprint density at radius 1 is 1.17 bits per heavy atom. The van der Waals surface area contributed by atoms with Crippen molar-refractivity contribution in [3.8, 4) is 0 Å². The first-order chi connectivity index (χ1) is 11.1. The normalized spacial score (nSPS) is 16.4. The summed E-state index contributed by atoms with van der Waals surface area (Å²) < 4.78 is 0. The topological polar surface area (TPSA) is 45.2 Å². The quantitative estimate of drug-likeness (QED) is 0.943. The predicted octanol–water partition coefficient (Wildman–Crippen LogP) is 3.23. The van der Waals surface area contributed by atoms with E-state index in [2.05, 4.69) is 29.0 Å². The van der Waals surface area contributed by atoms with Crippen molar-refractivity contribution in [3.63, 3.8) is 0 Å². The van der Waals surface area contributed by atoms with Crippen LogP contribution in [-0.4, -0.2) is 41.0 Å². The Bertz CT molecular complexity index is 685. The number of amides is 1. The van der Waals surface area contributed by atoms with Crippen molar-refractivity contribution in [2.75, 3.05) is 19.6 Å². The summed E-state index contributed by atoms with van der Waals surface area (Å²) in [5.41, 5.74) is 1.40. The van der Waals surface area contributed by atoms with E-state index < -0.39 is 0 Å². The number of para-hydroxylation sites is 1. The molecule has 23 heavy (non-hydrogen) atoms. The number of fused-ring (bicyclic) bond motifs is 1. The molecule has 0 unspecified atom stereocenters. The molecule has 1 amide bonds. The summed E-state index contributed by atoms with van der Waals surface area (Å²) in [4.78, 5) is 19.5. The molecule has 1 aromatic carbocycles. The average molecular weight is 311 g/mol. The number of benzene rings is 1. The van der Waals surface area contributed by atoms with E-state index in [-0.39, 0.29) is 11.4 Å². The molecule has 1 saturated heterocycles. The minimum absolute atomic E-state index is 0.0197. The average Bonchev–Trinajstić information content (AvgIpc) is 2.60. The molecule has 122 valence electrons. The molecule has 1 fully saturated rings. The van der Waals surface area contributed by atoms with Crippen molar-refractivity contribution < 1.29 is 4.79 Å². The van der Waals surface area contributed by atoms with Crippen LogP contribution in [0.4, 0.5) is 0 Å². The lowest BCUT2D eigenvalue weighted by Gasteiger charge is -2.41. The number of hydrogen-bond donors (Lipinski definition) is 1. The molecule has 4 nitrogen and oxygen atoms in total. The largest absolute Gasteiger partial charge is 0.350 e. The van der Waals surface area contributed by atoms with E-state index in [0.717, 1.165) is 24.0 Å². The van der Waals surface area contributed by atoms with Crippen LogP contribution in [0.1, 0.15) is 43.5 Å². The first-order valence-corrected chi connectivity index (χ1v) is 8.45. The van der Waals surface area contributed by atoms with Crippen LogP contribution in [0.15, 0.2) is 36.5 Å². The number of nitrogens with zero attached hydrogens (tertiary/aromatic N) is 2. The van der Waals surface area contributed by atoms with Gasteiger partial charge in [-0.2, -0.15) is 0 Å². The van der Waals surface area contributed by atoms with Crippen LogP contribution in [0.25, 0.3) is 10.9 Å². The minimum atomic E-state index is -0.0422. The van der Waals surface area contributed by atoms with Gasteiger partial charge in [-0.3, -0.25) is 14.7 Å². The number of carbonyl (C=O) groups excluding carboxylic acids is 1. The van der Waals surface area contributed by atoms with Gasteiger partial charge in [0, 0.05) is 23.7 Å². The molecule has 0 radical (unpaired) electrons. The number of nitrogens with one attached hydrogen (secondary N) is 1. The molecule has 0 spiro atoms. The Balaban J connectivity index is 1.71. The zero-order valence-electron chi connectivity index (χ0n) is 14.0. The van der Waals surface area contributed by atoms with Crippen molar-refractivity contribution >= 4 is 16.8 Å². The maximum absolute atomic E-state index is 12.6. The fourth-order valence-electron chi connectivity index (χ4n) is 3.29. The molecule has 4 heteroatoms. The third-order valence-electron chi connectivity index (χ3n) is 4.77. The number of likely N-dealkylation sites (tertiary alicyclic amines) is 1. The maximum Gasteiger partial charge on any atom is 0.253 e. The maximum atomic E-state index is 12.6. The Morgan fingerprint density at radius 2 is 1.91 bits per heavy atom. The summed E-state index contributed by atoms with van der Waals surface area (Å²) in [7, 11) is 0. The van der Waals surface area contributed by atoms with Crippen molar-refractivity contribution in [2.45, 2.75) is 38.6 Å². The van der Waals surface area contributed by atoms with Crippen LogP contribution in [0.5, 0.6) is 0 Å². The van der Waals surface area contributed by atoms with Gasteiger partial charge in [0.1, 0.15) is 0 Å². The van der Waals surface area contributed by atoms with Gasteiger partial charge in [0.15, 0.2) is 0 Å². The zero-order valence-corrected chi connectivity index (χ0v) is 14.0. The molecule has 2 heterocycles. The first-order valence-electron chi connectivity index (χ1n) is 8.45. The first kappa shape index (κ1) is 15.9. The van der Waals surface area contributed by atoms with Gasteiger partial charge in [-0.15, -0.1) is 0 Å². The molecular formula is C19H25N3O. The van der Waals surface area contributed by atoms with E-state index in [1.54, 1.807) is 6.20 Å². The number of pyridine rings is 1. The summed E-state index contributed by atoms with van der Waals surface area (Å²) in [6.45, 7) is 7.31. The Morgan fingerprint density at radius 3 is 2.70 bits per heavy atom. The summed E-state index contributed by atoms with van der Waals surface area (Å²) in [5.74, 6) is -0.0422. The van der Waals surface area contributed by atoms with Crippen LogP contribution < -0.4 is 5.32 Å². The second kappa shape index (κ2) is 6.67. The molecule has 3 rings (SSSR count). The van der Waals surface area contributed by atoms with Crippen molar-refractivity contribution in [3.05, 3.63) is 42.1 Å². The van der Waals surface area contributed by atoms with Crippen LogP contribution in [0.3, 0.4) is 0 Å². The highest BCUT2D eigenvalue weighted by Crippen LogP contribution is 2.20. The molecule has 0 bridgehead atoms. The lowest BCUT2D eigenvalue weighted by Crippen LogP contribution is -2.53. The Kier molecular flexibility index (Phi) is 4.62. The molecule has 1 aliphatic heterocycles. The second-order valence-corrected chi connectivity index (χ2v) is 6.92. The lowest BCUT2D eigenvalue weighted by molar-refractivity contribution is 0.0798. The third kappa shape index (κ3) is 3.53. The summed E-state index contributed by atoms with van der Waals surface area (Å²) in [6.07, 6.45) is 5.56. The molecular weight excluding hydrogens is 286 g/mol. The highest BCUT2D eigenvalue weighted by molar-refractivity contribution is 6.05. The zero-order chi connectivity index (χ0) is 16.3. The molecule has 1 N–H and O–H groups in total. The third-order valence-corrected chi connectivity index (χ3v) is 4.77. The van der Waals surface area contributed by atoms with Gasteiger partial charge in [-0.25, -0.2) is 0 Å². The number of hydrogen-bond acceptors (Lipinski definition) is 3. The van der Waals surface area contributed by atoms with E-state index in [9.17, 15) is 4.79 Å².